The minimum Gasteiger partial charge on any atom is -0.478 e. The van der Waals surface area contributed by atoms with E-state index < -0.39 is 5.97 Å². The lowest BCUT2D eigenvalue weighted by molar-refractivity contribution is 0.0698. The Kier molecular flexibility index (Phi) is 5.49. The van der Waals surface area contributed by atoms with E-state index in [-0.39, 0.29) is 11.4 Å². The number of anilines is 3. The van der Waals surface area contributed by atoms with E-state index in [1.807, 2.05) is 18.2 Å². The zero-order valence-electron chi connectivity index (χ0n) is 14.1. The second kappa shape index (κ2) is 8.16. The highest BCUT2D eigenvalue weighted by Gasteiger charge is 2.11. The Bertz CT molecular complexity index is 880. The van der Waals surface area contributed by atoms with Crippen molar-refractivity contribution in [1.29, 1.82) is 0 Å². The molecule has 3 N–H and O–H groups in total. The third-order valence-corrected chi connectivity index (χ3v) is 3.96. The first-order chi connectivity index (χ1) is 12.6. The second-order valence-electron chi connectivity index (χ2n) is 5.86. The number of carbonyl (C=O) groups is 1. The molecule has 0 amide bonds. The van der Waals surface area contributed by atoms with Crippen LogP contribution in [0.1, 0.15) is 15.9 Å². The van der Waals surface area contributed by atoms with Crippen LogP contribution >= 0.6 is 0 Å². The lowest BCUT2D eigenvalue weighted by Gasteiger charge is -2.13. The maximum absolute atomic E-state index is 13.0. The Balaban J connectivity index is 1.73. The van der Waals surface area contributed by atoms with Crippen molar-refractivity contribution in [3.63, 3.8) is 0 Å². The molecule has 132 valence electrons. The minimum absolute atomic E-state index is 0.155. The topological polar surface area (TPSA) is 61.4 Å². The van der Waals surface area contributed by atoms with E-state index in [1.54, 1.807) is 30.3 Å². The van der Waals surface area contributed by atoms with E-state index in [0.717, 1.165) is 18.7 Å². The van der Waals surface area contributed by atoms with E-state index in [2.05, 4.69) is 22.8 Å². The molecule has 4 nitrogen and oxygen atoms in total. The Morgan fingerprint density at radius 2 is 1.62 bits per heavy atom. The molecule has 0 aliphatic heterocycles. The van der Waals surface area contributed by atoms with Crippen molar-refractivity contribution in [2.75, 3.05) is 17.2 Å². The van der Waals surface area contributed by atoms with Crippen molar-refractivity contribution in [2.24, 2.45) is 0 Å². The lowest BCUT2D eigenvalue weighted by atomic mass is 10.1. The summed E-state index contributed by atoms with van der Waals surface area (Å²) < 4.78 is 13.0. The van der Waals surface area contributed by atoms with Crippen LogP contribution in [0, 0.1) is 5.82 Å². The van der Waals surface area contributed by atoms with Crippen LogP contribution in [0.3, 0.4) is 0 Å². The Morgan fingerprint density at radius 3 is 2.31 bits per heavy atom. The molecule has 0 aliphatic rings. The predicted octanol–water partition coefficient (Wildman–Crippen LogP) is 4.92. The number of hydrogen-bond acceptors (Lipinski definition) is 3. The molecule has 5 heteroatoms. The summed E-state index contributed by atoms with van der Waals surface area (Å²) in [4.78, 5) is 11.5. The van der Waals surface area contributed by atoms with Crippen LogP contribution in [0.4, 0.5) is 21.5 Å². The molecule has 0 saturated heterocycles. The van der Waals surface area contributed by atoms with Crippen LogP contribution in [0.15, 0.2) is 72.8 Å². The van der Waals surface area contributed by atoms with Crippen molar-refractivity contribution >= 4 is 23.0 Å². The van der Waals surface area contributed by atoms with Gasteiger partial charge in [0.05, 0.1) is 11.3 Å². The normalized spacial score (nSPS) is 10.3. The molecule has 0 heterocycles. The summed E-state index contributed by atoms with van der Waals surface area (Å²) in [6.07, 6.45) is 0.863. The van der Waals surface area contributed by atoms with Crippen LogP contribution in [0.5, 0.6) is 0 Å². The number of nitrogens with one attached hydrogen (secondary N) is 2. The van der Waals surface area contributed by atoms with Gasteiger partial charge in [-0.15, -0.1) is 0 Å². The molecular weight excluding hydrogens is 331 g/mol. The van der Waals surface area contributed by atoms with E-state index in [4.69, 9.17) is 0 Å². The fourth-order valence-corrected chi connectivity index (χ4v) is 2.63. The van der Waals surface area contributed by atoms with Gasteiger partial charge < -0.3 is 15.7 Å². The molecule has 0 aromatic heterocycles. The van der Waals surface area contributed by atoms with Crippen LogP contribution < -0.4 is 10.6 Å². The molecule has 0 atom stereocenters. The van der Waals surface area contributed by atoms with E-state index in [1.165, 1.54) is 17.7 Å². The molecule has 0 unspecified atom stereocenters. The molecule has 3 aromatic rings. The highest BCUT2D eigenvalue weighted by Crippen LogP contribution is 2.25. The second-order valence-corrected chi connectivity index (χ2v) is 5.86. The largest absolute Gasteiger partial charge is 0.478 e. The summed E-state index contributed by atoms with van der Waals surface area (Å²) in [6.45, 7) is 0.729. The summed E-state index contributed by atoms with van der Waals surface area (Å²) in [5.41, 5.74) is 3.27. The summed E-state index contributed by atoms with van der Waals surface area (Å²) in [6, 6.07) is 20.9. The van der Waals surface area contributed by atoms with Crippen molar-refractivity contribution in [2.45, 2.75) is 6.42 Å². The summed E-state index contributed by atoms with van der Waals surface area (Å²) in [5.74, 6) is -1.37. The fraction of sp³-hybridized carbons (Fsp3) is 0.0952. The molecular formula is C21H19FN2O2. The van der Waals surface area contributed by atoms with Crippen molar-refractivity contribution in [3.8, 4) is 0 Å². The van der Waals surface area contributed by atoms with Crippen molar-refractivity contribution in [3.05, 3.63) is 89.7 Å². The predicted molar refractivity (Wildman–Crippen MR) is 102 cm³/mol. The molecule has 3 aromatic carbocycles. The molecule has 0 fully saturated rings. The quantitative estimate of drug-likeness (QED) is 0.566. The van der Waals surface area contributed by atoms with Crippen LogP contribution in [-0.2, 0) is 6.42 Å². The van der Waals surface area contributed by atoms with E-state index in [9.17, 15) is 14.3 Å². The molecule has 0 spiro atoms. The number of halogens is 1. The molecule has 26 heavy (non-hydrogen) atoms. The van der Waals surface area contributed by atoms with Gasteiger partial charge in [-0.25, -0.2) is 9.18 Å². The molecule has 3 rings (SSSR count). The van der Waals surface area contributed by atoms with Crippen LogP contribution in [0.25, 0.3) is 0 Å². The number of benzene rings is 3. The zero-order valence-corrected chi connectivity index (χ0v) is 14.1. The maximum Gasteiger partial charge on any atom is 0.337 e. The number of hydrogen-bond donors (Lipinski definition) is 3. The average Bonchev–Trinajstić information content (AvgIpc) is 2.64. The van der Waals surface area contributed by atoms with E-state index >= 15 is 0 Å². The van der Waals surface area contributed by atoms with E-state index in [0.29, 0.717) is 11.4 Å². The number of rotatable bonds is 7. The van der Waals surface area contributed by atoms with Crippen molar-refractivity contribution < 1.29 is 14.3 Å². The lowest BCUT2D eigenvalue weighted by Crippen LogP contribution is -2.07. The van der Waals surface area contributed by atoms with Crippen LogP contribution in [0.2, 0.25) is 0 Å². The van der Waals surface area contributed by atoms with Gasteiger partial charge in [0.25, 0.3) is 0 Å². The molecule has 0 saturated carbocycles. The van der Waals surface area contributed by atoms with Gasteiger partial charge in [0, 0.05) is 17.9 Å². The first-order valence-corrected chi connectivity index (χ1v) is 8.29. The SMILES string of the molecule is O=C(O)c1ccc(NCCc2ccccc2)cc1Nc1ccc(F)cc1. The molecule has 0 aliphatic carbocycles. The summed E-state index contributed by atoms with van der Waals surface area (Å²) in [7, 11) is 0. The van der Waals surface area contributed by atoms with Gasteiger partial charge in [0.2, 0.25) is 0 Å². The third kappa shape index (κ3) is 4.60. The maximum atomic E-state index is 13.0. The smallest absolute Gasteiger partial charge is 0.337 e. The number of aromatic carboxylic acids is 1. The summed E-state index contributed by atoms with van der Waals surface area (Å²) in [5, 5.41) is 15.7. The highest BCUT2D eigenvalue weighted by molar-refractivity contribution is 5.96. The number of carboxylic acids is 1. The van der Waals surface area contributed by atoms with Crippen LogP contribution in [-0.4, -0.2) is 17.6 Å². The molecule has 0 bridgehead atoms. The van der Waals surface area contributed by atoms with Gasteiger partial charge in [-0.3, -0.25) is 0 Å². The Labute approximate surface area is 151 Å². The minimum atomic E-state index is -1.02. The fourth-order valence-electron chi connectivity index (χ4n) is 2.63. The highest BCUT2D eigenvalue weighted by atomic mass is 19.1. The Morgan fingerprint density at radius 1 is 0.923 bits per heavy atom. The number of carboxylic acid groups (broad SMARTS) is 1. The Hall–Kier alpha value is -3.34. The zero-order chi connectivity index (χ0) is 18.4. The van der Waals surface area contributed by atoms with Gasteiger partial charge in [0.1, 0.15) is 5.82 Å². The van der Waals surface area contributed by atoms with Gasteiger partial charge in [-0.1, -0.05) is 30.3 Å². The standard InChI is InChI=1S/C21H19FN2O2/c22-16-6-8-17(9-7-16)24-20-14-18(10-11-19(20)21(25)26)23-13-12-15-4-2-1-3-5-15/h1-11,14,23-24H,12-13H2,(H,25,26). The van der Waals surface area contributed by atoms with Gasteiger partial charge in [-0.2, -0.15) is 0 Å². The first-order valence-electron chi connectivity index (χ1n) is 8.29. The monoisotopic (exact) mass is 350 g/mol. The third-order valence-electron chi connectivity index (χ3n) is 3.96. The summed E-state index contributed by atoms with van der Waals surface area (Å²) >= 11 is 0. The van der Waals surface area contributed by atoms with Gasteiger partial charge in [0.15, 0.2) is 0 Å². The van der Waals surface area contributed by atoms with Crippen molar-refractivity contribution in [1.82, 2.24) is 0 Å². The molecule has 0 radical (unpaired) electrons. The van der Waals surface area contributed by atoms with Gasteiger partial charge >= 0.3 is 5.97 Å². The average molecular weight is 350 g/mol. The first kappa shape index (κ1) is 17.5. The van der Waals surface area contributed by atoms with Gasteiger partial charge in [-0.05, 0) is 54.4 Å².